The van der Waals surface area contributed by atoms with Crippen molar-refractivity contribution in [3.05, 3.63) is 28.2 Å². The number of amides is 1. The number of rotatable bonds is 7. The molecule has 1 saturated heterocycles. The number of benzene rings is 1. The average molecular weight is 411 g/mol. The summed E-state index contributed by atoms with van der Waals surface area (Å²) in [7, 11) is -3.66. The molecule has 0 unspecified atom stereocenters. The predicted octanol–water partition coefficient (Wildman–Crippen LogP) is -0.209. The van der Waals surface area contributed by atoms with Crippen LogP contribution in [0.15, 0.2) is 18.2 Å². The SMILES string of the molecule is CS(=O)(=O)N(CC(=O)NCC[NH+]1CCOCC1)c1cc(Cl)cc(Cl)c1. The maximum atomic E-state index is 12.2. The highest BCUT2D eigenvalue weighted by atomic mass is 35.5. The zero-order chi connectivity index (χ0) is 18.4. The van der Waals surface area contributed by atoms with E-state index in [9.17, 15) is 13.2 Å². The highest BCUT2D eigenvalue weighted by Gasteiger charge is 2.22. The van der Waals surface area contributed by atoms with Crippen molar-refractivity contribution in [1.29, 1.82) is 0 Å². The van der Waals surface area contributed by atoms with Crippen molar-refractivity contribution in [2.75, 3.05) is 56.5 Å². The molecule has 1 aliphatic heterocycles. The van der Waals surface area contributed by atoms with Gasteiger partial charge in [0.05, 0.1) is 38.2 Å². The highest BCUT2D eigenvalue weighted by Crippen LogP contribution is 2.26. The van der Waals surface area contributed by atoms with Crippen molar-refractivity contribution < 1.29 is 22.8 Å². The second kappa shape index (κ2) is 9.05. The van der Waals surface area contributed by atoms with E-state index in [1.807, 2.05) is 0 Å². The Kier molecular flexibility index (Phi) is 7.33. The lowest BCUT2D eigenvalue weighted by Crippen LogP contribution is -3.14. The first-order valence-electron chi connectivity index (χ1n) is 7.87. The van der Waals surface area contributed by atoms with Crippen molar-refractivity contribution in [3.8, 4) is 0 Å². The minimum Gasteiger partial charge on any atom is -0.370 e. The molecule has 0 bridgehead atoms. The maximum absolute atomic E-state index is 12.2. The lowest BCUT2D eigenvalue weighted by atomic mass is 10.3. The van der Waals surface area contributed by atoms with E-state index in [2.05, 4.69) is 5.32 Å². The quantitative estimate of drug-likeness (QED) is 0.651. The third-order valence-corrected chi connectivity index (χ3v) is 5.40. The molecule has 25 heavy (non-hydrogen) atoms. The van der Waals surface area contributed by atoms with Gasteiger partial charge in [0.15, 0.2) is 0 Å². The van der Waals surface area contributed by atoms with Gasteiger partial charge in [0, 0.05) is 10.0 Å². The van der Waals surface area contributed by atoms with Crippen LogP contribution in [0.5, 0.6) is 0 Å². The van der Waals surface area contributed by atoms with Crippen LogP contribution in [0, 0.1) is 0 Å². The monoisotopic (exact) mass is 410 g/mol. The Balaban J connectivity index is 1.96. The first-order chi connectivity index (χ1) is 11.8. The van der Waals surface area contributed by atoms with Crippen molar-refractivity contribution in [2.45, 2.75) is 0 Å². The molecule has 0 saturated carbocycles. The van der Waals surface area contributed by atoms with E-state index in [-0.39, 0.29) is 18.1 Å². The summed E-state index contributed by atoms with van der Waals surface area (Å²) < 4.78 is 30.4. The van der Waals surface area contributed by atoms with Crippen LogP contribution in [0.1, 0.15) is 0 Å². The smallest absolute Gasteiger partial charge is 0.240 e. The molecular weight excluding hydrogens is 389 g/mol. The van der Waals surface area contributed by atoms with Crippen molar-refractivity contribution >= 4 is 44.8 Å². The Morgan fingerprint density at radius 2 is 1.84 bits per heavy atom. The summed E-state index contributed by atoms with van der Waals surface area (Å²) in [6.07, 6.45) is 1.03. The second-order valence-electron chi connectivity index (χ2n) is 5.86. The number of nitrogens with zero attached hydrogens (tertiary/aromatic N) is 1. The van der Waals surface area contributed by atoms with Crippen molar-refractivity contribution in [3.63, 3.8) is 0 Å². The number of hydrogen-bond acceptors (Lipinski definition) is 4. The maximum Gasteiger partial charge on any atom is 0.240 e. The number of hydrogen-bond donors (Lipinski definition) is 2. The number of halogens is 2. The third kappa shape index (κ3) is 6.63. The molecule has 10 heteroatoms. The van der Waals surface area contributed by atoms with Crippen LogP contribution in [0.4, 0.5) is 5.69 Å². The van der Waals surface area contributed by atoms with E-state index >= 15 is 0 Å². The fraction of sp³-hybridized carbons (Fsp3) is 0.533. The van der Waals surface area contributed by atoms with E-state index in [1.165, 1.54) is 23.1 Å². The van der Waals surface area contributed by atoms with Gasteiger partial charge in [-0.1, -0.05) is 23.2 Å². The molecule has 0 aliphatic carbocycles. The fourth-order valence-corrected chi connectivity index (χ4v) is 3.91. The molecule has 0 aromatic heterocycles. The molecule has 2 N–H and O–H groups in total. The van der Waals surface area contributed by atoms with Crippen LogP contribution < -0.4 is 14.5 Å². The molecule has 7 nitrogen and oxygen atoms in total. The summed E-state index contributed by atoms with van der Waals surface area (Å²) in [6, 6.07) is 4.41. The van der Waals surface area contributed by atoms with Gasteiger partial charge in [0.25, 0.3) is 0 Å². The summed E-state index contributed by atoms with van der Waals surface area (Å²) in [4.78, 5) is 13.5. The van der Waals surface area contributed by atoms with Gasteiger partial charge in [-0.15, -0.1) is 0 Å². The van der Waals surface area contributed by atoms with Gasteiger partial charge in [-0.3, -0.25) is 9.10 Å². The van der Waals surface area contributed by atoms with Crippen LogP contribution in [-0.2, 0) is 19.6 Å². The highest BCUT2D eigenvalue weighted by molar-refractivity contribution is 7.92. The zero-order valence-corrected chi connectivity index (χ0v) is 16.3. The number of carbonyl (C=O) groups excluding carboxylic acids is 1. The molecule has 1 amide bonds. The number of carbonyl (C=O) groups is 1. The van der Waals surface area contributed by atoms with E-state index < -0.39 is 10.0 Å². The fourth-order valence-electron chi connectivity index (χ4n) is 2.56. The number of nitrogens with one attached hydrogen (secondary N) is 2. The molecule has 1 aromatic rings. The van der Waals surface area contributed by atoms with E-state index in [0.717, 1.165) is 43.4 Å². The Hall–Kier alpha value is -1.06. The zero-order valence-electron chi connectivity index (χ0n) is 13.9. The number of quaternary nitrogens is 1. The van der Waals surface area contributed by atoms with Crippen LogP contribution in [0.3, 0.4) is 0 Å². The lowest BCUT2D eigenvalue weighted by Gasteiger charge is -2.24. The van der Waals surface area contributed by atoms with Crippen LogP contribution in [-0.4, -0.2) is 66.5 Å². The molecule has 0 radical (unpaired) electrons. The summed E-state index contributed by atoms with van der Waals surface area (Å²) >= 11 is 11.9. The molecule has 0 spiro atoms. The Morgan fingerprint density at radius 3 is 2.40 bits per heavy atom. The number of morpholine rings is 1. The number of sulfonamides is 1. The standard InChI is InChI=1S/C15H21Cl2N3O4S/c1-25(22,23)20(14-9-12(16)8-13(17)10-14)11-15(21)18-2-3-19-4-6-24-7-5-19/h8-10H,2-7,11H2,1H3,(H,18,21)/p+1. The summed E-state index contributed by atoms with van der Waals surface area (Å²) in [5.74, 6) is -0.380. The van der Waals surface area contributed by atoms with Gasteiger partial charge < -0.3 is 15.0 Å². The Labute approximate surface area is 157 Å². The average Bonchev–Trinajstić information content (AvgIpc) is 2.51. The molecule has 0 atom stereocenters. The van der Waals surface area contributed by atoms with E-state index in [0.29, 0.717) is 16.6 Å². The normalized spacial score (nSPS) is 15.8. The Bertz CT molecular complexity index is 688. The topological polar surface area (TPSA) is 80.2 Å². The largest absolute Gasteiger partial charge is 0.370 e. The van der Waals surface area contributed by atoms with Gasteiger partial charge in [-0.2, -0.15) is 0 Å². The van der Waals surface area contributed by atoms with Gasteiger partial charge in [0.1, 0.15) is 19.6 Å². The minimum absolute atomic E-state index is 0.258. The summed E-state index contributed by atoms with van der Waals surface area (Å²) in [6.45, 7) is 4.19. The number of anilines is 1. The van der Waals surface area contributed by atoms with Crippen LogP contribution >= 0.6 is 23.2 Å². The lowest BCUT2D eigenvalue weighted by molar-refractivity contribution is -0.906. The van der Waals surface area contributed by atoms with Gasteiger partial charge in [0.2, 0.25) is 15.9 Å². The van der Waals surface area contributed by atoms with Crippen molar-refractivity contribution in [1.82, 2.24) is 5.32 Å². The van der Waals surface area contributed by atoms with E-state index in [4.69, 9.17) is 27.9 Å². The van der Waals surface area contributed by atoms with Crippen LogP contribution in [0.2, 0.25) is 10.0 Å². The molecule has 1 aliphatic rings. The first-order valence-corrected chi connectivity index (χ1v) is 10.5. The molecule has 2 rings (SSSR count). The molecular formula is C15H22Cl2N3O4S+. The molecule has 1 heterocycles. The molecule has 1 fully saturated rings. The molecule has 1 aromatic carbocycles. The predicted molar refractivity (Wildman–Crippen MR) is 98.0 cm³/mol. The second-order valence-corrected chi connectivity index (χ2v) is 8.64. The van der Waals surface area contributed by atoms with Gasteiger partial charge in [-0.05, 0) is 18.2 Å². The van der Waals surface area contributed by atoms with E-state index in [1.54, 1.807) is 0 Å². The van der Waals surface area contributed by atoms with Crippen molar-refractivity contribution in [2.24, 2.45) is 0 Å². The summed E-state index contributed by atoms with van der Waals surface area (Å²) in [5, 5.41) is 3.36. The number of ether oxygens (including phenoxy) is 1. The minimum atomic E-state index is -3.66. The molecule has 140 valence electrons. The third-order valence-electron chi connectivity index (χ3n) is 3.82. The van der Waals surface area contributed by atoms with Gasteiger partial charge in [-0.25, -0.2) is 8.42 Å². The Morgan fingerprint density at radius 1 is 1.24 bits per heavy atom. The summed E-state index contributed by atoms with van der Waals surface area (Å²) in [5.41, 5.74) is 0.258. The van der Waals surface area contributed by atoms with Gasteiger partial charge >= 0.3 is 0 Å². The first kappa shape index (κ1) is 20.3. The van der Waals surface area contributed by atoms with Crippen LogP contribution in [0.25, 0.3) is 0 Å².